The van der Waals surface area contributed by atoms with E-state index in [-0.39, 0.29) is 17.1 Å². The first-order valence-electron chi connectivity index (χ1n) is 7.13. The number of nitrogens with zero attached hydrogens (tertiary/aromatic N) is 3. The second-order valence-electron chi connectivity index (χ2n) is 5.60. The third kappa shape index (κ3) is 3.62. The van der Waals surface area contributed by atoms with E-state index in [0.29, 0.717) is 0 Å². The molecule has 0 saturated carbocycles. The SMILES string of the molecule is Cc1cnn(-c2ccc(S(=O)(=O)N(C)CC(C)C(=O)O)cc2F)c1. The highest BCUT2D eigenvalue weighted by Crippen LogP contribution is 2.21. The Morgan fingerprint density at radius 2 is 2.12 bits per heavy atom. The van der Waals surface area contributed by atoms with Gasteiger partial charge in [0.1, 0.15) is 11.5 Å². The molecule has 0 amide bonds. The molecular weight excluding hydrogens is 337 g/mol. The molecule has 2 rings (SSSR count). The number of aromatic nitrogens is 2. The summed E-state index contributed by atoms with van der Waals surface area (Å²) in [6.07, 6.45) is 3.18. The molecule has 0 bridgehead atoms. The lowest BCUT2D eigenvalue weighted by Crippen LogP contribution is -2.33. The monoisotopic (exact) mass is 355 g/mol. The highest BCUT2D eigenvalue weighted by Gasteiger charge is 2.25. The smallest absolute Gasteiger partial charge is 0.307 e. The summed E-state index contributed by atoms with van der Waals surface area (Å²) in [5.74, 6) is -2.72. The number of hydrogen-bond acceptors (Lipinski definition) is 4. The molecule has 2 aromatic rings. The minimum absolute atomic E-state index is 0.128. The number of rotatable bonds is 6. The summed E-state index contributed by atoms with van der Waals surface area (Å²) in [6, 6.07) is 3.50. The molecule has 1 N–H and O–H groups in total. The number of sulfonamides is 1. The van der Waals surface area contributed by atoms with E-state index >= 15 is 0 Å². The zero-order valence-electron chi connectivity index (χ0n) is 13.5. The maximum Gasteiger partial charge on any atom is 0.307 e. The van der Waals surface area contributed by atoms with Gasteiger partial charge < -0.3 is 5.11 Å². The zero-order chi connectivity index (χ0) is 18.1. The first-order valence-corrected chi connectivity index (χ1v) is 8.57. The summed E-state index contributed by atoms with van der Waals surface area (Å²) < 4.78 is 41.4. The Morgan fingerprint density at radius 3 is 2.62 bits per heavy atom. The van der Waals surface area contributed by atoms with Gasteiger partial charge in [0.05, 0.1) is 17.0 Å². The number of aryl methyl sites for hydroxylation is 1. The molecule has 7 nitrogen and oxygen atoms in total. The molecule has 130 valence electrons. The molecule has 1 aromatic heterocycles. The van der Waals surface area contributed by atoms with Crippen molar-refractivity contribution in [1.82, 2.24) is 14.1 Å². The minimum Gasteiger partial charge on any atom is -0.481 e. The van der Waals surface area contributed by atoms with Crippen LogP contribution in [0.25, 0.3) is 5.69 Å². The number of halogens is 1. The molecule has 9 heteroatoms. The van der Waals surface area contributed by atoms with Crippen LogP contribution in [0.15, 0.2) is 35.5 Å². The largest absolute Gasteiger partial charge is 0.481 e. The van der Waals surface area contributed by atoms with Crippen LogP contribution in [0.5, 0.6) is 0 Å². The molecular formula is C15H18FN3O4S. The number of benzene rings is 1. The highest BCUT2D eigenvalue weighted by molar-refractivity contribution is 7.89. The van der Waals surface area contributed by atoms with Crippen LogP contribution in [0.4, 0.5) is 4.39 Å². The van der Waals surface area contributed by atoms with E-state index in [9.17, 15) is 17.6 Å². The van der Waals surface area contributed by atoms with Gasteiger partial charge in [-0.1, -0.05) is 6.92 Å². The number of carbonyl (C=O) groups is 1. The van der Waals surface area contributed by atoms with Crippen molar-refractivity contribution in [1.29, 1.82) is 0 Å². The highest BCUT2D eigenvalue weighted by atomic mass is 32.2. The lowest BCUT2D eigenvalue weighted by atomic mass is 10.2. The number of hydrogen-bond donors (Lipinski definition) is 1. The normalized spacial score (nSPS) is 13.2. The van der Waals surface area contributed by atoms with E-state index in [4.69, 9.17) is 5.11 Å². The quantitative estimate of drug-likeness (QED) is 0.851. The van der Waals surface area contributed by atoms with Crippen molar-refractivity contribution in [3.63, 3.8) is 0 Å². The number of aliphatic carboxylic acids is 1. The van der Waals surface area contributed by atoms with Gasteiger partial charge in [-0.25, -0.2) is 21.8 Å². The van der Waals surface area contributed by atoms with Crippen LogP contribution >= 0.6 is 0 Å². The molecule has 0 saturated heterocycles. The Bertz CT molecular complexity index is 863. The summed E-state index contributed by atoms with van der Waals surface area (Å²) >= 11 is 0. The summed E-state index contributed by atoms with van der Waals surface area (Å²) in [5, 5.41) is 12.9. The first-order chi connectivity index (χ1) is 11.1. The van der Waals surface area contributed by atoms with E-state index < -0.39 is 27.7 Å². The topological polar surface area (TPSA) is 92.5 Å². The fourth-order valence-electron chi connectivity index (χ4n) is 2.12. The average molecular weight is 355 g/mol. The zero-order valence-corrected chi connectivity index (χ0v) is 14.3. The van der Waals surface area contributed by atoms with Crippen molar-refractivity contribution in [2.75, 3.05) is 13.6 Å². The lowest BCUT2D eigenvalue weighted by Gasteiger charge is -2.19. The summed E-state index contributed by atoms with van der Waals surface area (Å²) in [7, 11) is -2.72. The van der Waals surface area contributed by atoms with Crippen LogP contribution in [0.3, 0.4) is 0 Å². The van der Waals surface area contributed by atoms with E-state index in [0.717, 1.165) is 15.9 Å². The molecule has 0 fully saturated rings. The minimum atomic E-state index is -3.98. The molecule has 0 aliphatic rings. The Labute approximate surface area is 139 Å². The van der Waals surface area contributed by atoms with Gasteiger partial charge in [-0.15, -0.1) is 0 Å². The third-order valence-electron chi connectivity index (χ3n) is 3.54. The third-order valence-corrected chi connectivity index (χ3v) is 5.36. The van der Waals surface area contributed by atoms with Gasteiger partial charge in [0.25, 0.3) is 0 Å². The van der Waals surface area contributed by atoms with Crippen molar-refractivity contribution >= 4 is 16.0 Å². The molecule has 1 atom stereocenters. The molecule has 0 aliphatic carbocycles. The first kappa shape index (κ1) is 18.1. The van der Waals surface area contributed by atoms with Crippen LogP contribution in [-0.2, 0) is 14.8 Å². The second kappa shape index (κ2) is 6.70. The van der Waals surface area contributed by atoms with Crippen LogP contribution in [0.2, 0.25) is 0 Å². The predicted octanol–water partition coefficient (Wildman–Crippen LogP) is 1.66. The second-order valence-corrected chi connectivity index (χ2v) is 7.65. The summed E-state index contributed by atoms with van der Waals surface area (Å²) in [6.45, 7) is 3.00. The average Bonchev–Trinajstić information content (AvgIpc) is 2.93. The van der Waals surface area contributed by atoms with E-state index in [1.165, 1.54) is 30.8 Å². The molecule has 0 radical (unpaired) electrons. The van der Waals surface area contributed by atoms with Crippen LogP contribution in [-0.4, -0.2) is 47.2 Å². The van der Waals surface area contributed by atoms with Crippen molar-refractivity contribution in [2.24, 2.45) is 5.92 Å². The van der Waals surface area contributed by atoms with Crippen molar-refractivity contribution in [3.05, 3.63) is 42.0 Å². The van der Waals surface area contributed by atoms with Gasteiger partial charge in [-0.05, 0) is 30.7 Å². The molecule has 1 heterocycles. The molecule has 0 aliphatic heterocycles. The molecule has 1 unspecified atom stereocenters. The van der Waals surface area contributed by atoms with Crippen LogP contribution < -0.4 is 0 Å². The van der Waals surface area contributed by atoms with Crippen LogP contribution in [0, 0.1) is 18.7 Å². The predicted molar refractivity (Wildman–Crippen MR) is 84.9 cm³/mol. The number of carboxylic acids is 1. The maximum atomic E-state index is 14.3. The Kier molecular flexibility index (Phi) is 5.05. The Balaban J connectivity index is 2.31. The molecule has 0 spiro atoms. The van der Waals surface area contributed by atoms with Gasteiger partial charge >= 0.3 is 5.97 Å². The van der Waals surface area contributed by atoms with Crippen molar-refractivity contribution < 1.29 is 22.7 Å². The molecule has 1 aromatic carbocycles. The van der Waals surface area contributed by atoms with Crippen LogP contribution in [0.1, 0.15) is 12.5 Å². The lowest BCUT2D eigenvalue weighted by molar-refractivity contribution is -0.141. The maximum absolute atomic E-state index is 14.3. The summed E-state index contributed by atoms with van der Waals surface area (Å²) in [4.78, 5) is 10.6. The summed E-state index contributed by atoms with van der Waals surface area (Å²) in [5.41, 5.74) is 0.970. The van der Waals surface area contributed by atoms with E-state index in [1.54, 1.807) is 19.3 Å². The van der Waals surface area contributed by atoms with Gasteiger partial charge in [0, 0.05) is 19.8 Å². The number of carboxylic acid groups (broad SMARTS) is 1. The van der Waals surface area contributed by atoms with Crippen molar-refractivity contribution in [2.45, 2.75) is 18.7 Å². The van der Waals surface area contributed by atoms with E-state index in [2.05, 4.69) is 5.10 Å². The van der Waals surface area contributed by atoms with Gasteiger partial charge in [-0.2, -0.15) is 5.10 Å². The fraction of sp³-hybridized carbons (Fsp3) is 0.333. The molecule has 24 heavy (non-hydrogen) atoms. The van der Waals surface area contributed by atoms with Gasteiger partial charge in [0.15, 0.2) is 0 Å². The Hall–Kier alpha value is -2.26. The van der Waals surface area contributed by atoms with Crippen molar-refractivity contribution in [3.8, 4) is 5.69 Å². The standard InChI is InChI=1S/C15H18FN3O4S/c1-10-7-17-19(8-10)14-5-4-12(6-13(14)16)24(22,23)18(3)9-11(2)15(20)21/h4-8,11H,9H2,1-3H3,(H,20,21). The van der Waals surface area contributed by atoms with E-state index in [1.807, 2.05) is 0 Å². The fourth-order valence-corrected chi connectivity index (χ4v) is 3.39. The Morgan fingerprint density at radius 1 is 1.46 bits per heavy atom. The van der Waals surface area contributed by atoms with Gasteiger partial charge in [0.2, 0.25) is 10.0 Å². The van der Waals surface area contributed by atoms with Gasteiger partial charge in [-0.3, -0.25) is 4.79 Å².